The van der Waals surface area contributed by atoms with E-state index in [4.69, 9.17) is 9.98 Å². The third-order valence-electron chi connectivity index (χ3n) is 11.4. The Morgan fingerprint density at radius 3 is 2.00 bits per heavy atom. The average molecular weight is 717 g/mol. The summed E-state index contributed by atoms with van der Waals surface area (Å²) in [6.07, 6.45) is 3.93. The van der Waals surface area contributed by atoms with Crippen LogP contribution in [0.3, 0.4) is 0 Å². The van der Waals surface area contributed by atoms with Crippen molar-refractivity contribution in [3.05, 3.63) is 210 Å². The Kier molecular flexibility index (Phi) is 7.59. The molecular formula is C52H36N4. The summed E-state index contributed by atoms with van der Waals surface area (Å²) in [7, 11) is 0. The lowest BCUT2D eigenvalue weighted by atomic mass is 9.87. The standard InChI is InChI=1S/C52H36N4/c1-2-11-37(12-3-1)50-54-51(56-52(55-50)42-14-8-13-39(29-42)40-24-21-35-18-17-33-9-4-6-15-43(33)46(35)30-40)38-22-19-36(20-23-38)47-31-41-27-28-53-32-48(41)49-44-16-7-5-10-34(44)25-26-45(47)49/h1-31,51,53H,32H2,(H,54,55,56). The van der Waals surface area contributed by atoms with Gasteiger partial charge >= 0.3 is 0 Å². The Hall–Kier alpha value is -7.30. The lowest BCUT2D eigenvalue weighted by molar-refractivity contribution is 0.674. The molecule has 2 N–H and O–H groups in total. The molecule has 11 rings (SSSR count). The average Bonchev–Trinajstić information content (AvgIpc) is 3.28. The van der Waals surface area contributed by atoms with Crippen molar-refractivity contribution in [1.82, 2.24) is 10.6 Å². The van der Waals surface area contributed by atoms with Crippen LogP contribution in [0.4, 0.5) is 0 Å². The molecular weight excluding hydrogens is 681 g/mol. The molecule has 264 valence electrons. The van der Waals surface area contributed by atoms with Crippen molar-refractivity contribution in [2.75, 3.05) is 0 Å². The normalized spacial score (nSPS) is 15.0. The van der Waals surface area contributed by atoms with Crippen LogP contribution in [0.1, 0.15) is 34.0 Å². The second-order valence-electron chi connectivity index (χ2n) is 14.7. The maximum atomic E-state index is 5.19. The molecule has 0 aromatic heterocycles. The van der Waals surface area contributed by atoms with E-state index in [0.29, 0.717) is 5.84 Å². The zero-order valence-corrected chi connectivity index (χ0v) is 30.6. The lowest BCUT2D eigenvalue weighted by Gasteiger charge is -2.24. The van der Waals surface area contributed by atoms with Gasteiger partial charge in [0.05, 0.1) is 0 Å². The van der Waals surface area contributed by atoms with Gasteiger partial charge in [-0.15, -0.1) is 0 Å². The Balaban J connectivity index is 0.972. The maximum Gasteiger partial charge on any atom is 0.159 e. The predicted octanol–water partition coefficient (Wildman–Crippen LogP) is 12.2. The molecule has 2 heterocycles. The van der Waals surface area contributed by atoms with Gasteiger partial charge in [-0.05, 0) is 113 Å². The Morgan fingerprint density at radius 1 is 0.482 bits per heavy atom. The third-order valence-corrected chi connectivity index (χ3v) is 11.4. The van der Waals surface area contributed by atoms with Gasteiger partial charge in [0.25, 0.3) is 0 Å². The van der Waals surface area contributed by atoms with Crippen LogP contribution in [-0.4, -0.2) is 11.7 Å². The highest BCUT2D eigenvalue weighted by atomic mass is 15.2. The zero-order chi connectivity index (χ0) is 37.0. The van der Waals surface area contributed by atoms with E-state index in [-0.39, 0.29) is 6.17 Å². The minimum Gasteiger partial charge on any atom is -0.387 e. The van der Waals surface area contributed by atoms with Crippen LogP contribution in [0.25, 0.3) is 71.4 Å². The smallest absolute Gasteiger partial charge is 0.159 e. The van der Waals surface area contributed by atoms with E-state index in [1.54, 1.807) is 0 Å². The van der Waals surface area contributed by atoms with E-state index in [1.165, 1.54) is 70.9 Å². The van der Waals surface area contributed by atoms with Crippen molar-refractivity contribution in [2.45, 2.75) is 12.7 Å². The molecule has 0 saturated heterocycles. The first-order valence-electron chi connectivity index (χ1n) is 19.2. The molecule has 9 aromatic carbocycles. The lowest BCUT2D eigenvalue weighted by Crippen LogP contribution is -2.33. The van der Waals surface area contributed by atoms with E-state index in [2.05, 4.69) is 181 Å². The van der Waals surface area contributed by atoms with Crippen LogP contribution in [0, 0.1) is 0 Å². The minimum atomic E-state index is -0.319. The van der Waals surface area contributed by atoms with Crippen molar-refractivity contribution < 1.29 is 0 Å². The minimum absolute atomic E-state index is 0.319. The highest BCUT2D eigenvalue weighted by Gasteiger charge is 2.22. The molecule has 2 aliphatic rings. The summed E-state index contributed by atoms with van der Waals surface area (Å²) >= 11 is 0. The van der Waals surface area contributed by atoms with Gasteiger partial charge in [0.1, 0.15) is 12.0 Å². The predicted molar refractivity (Wildman–Crippen MR) is 235 cm³/mol. The van der Waals surface area contributed by atoms with Gasteiger partial charge in [0, 0.05) is 17.7 Å². The van der Waals surface area contributed by atoms with E-state index < -0.39 is 0 Å². The Bertz CT molecular complexity index is 3100. The van der Waals surface area contributed by atoms with Crippen molar-refractivity contribution >= 4 is 60.8 Å². The molecule has 2 aliphatic heterocycles. The number of nitrogens with one attached hydrogen (secondary N) is 2. The SMILES string of the molecule is C1=Cc2cc(-c3ccc(C4N=C(c5ccccc5)N=C(c5cccc(-c6ccc7ccc8ccccc8c7c6)c5)N4)cc3)c3ccc4ccccc4c3c2CN1. The molecule has 56 heavy (non-hydrogen) atoms. The molecule has 0 spiro atoms. The summed E-state index contributed by atoms with van der Waals surface area (Å²) in [6.45, 7) is 0.816. The number of nitrogens with zero attached hydrogens (tertiary/aromatic N) is 2. The molecule has 0 saturated carbocycles. The van der Waals surface area contributed by atoms with E-state index in [1.807, 2.05) is 18.2 Å². The van der Waals surface area contributed by atoms with Gasteiger partial charge in [-0.2, -0.15) is 0 Å². The fourth-order valence-electron chi connectivity index (χ4n) is 8.53. The number of amidine groups is 2. The van der Waals surface area contributed by atoms with Gasteiger partial charge in [0.2, 0.25) is 0 Å². The first-order chi connectivity index (χ1) is 27.7. The third kappa shape index (κ3) is 5.54. The van der Waals surface area contributed by atoms with Crippen molar-refractivity contribution in [3.8, 4) is 22.3 Å². The summed E-state index contributed by atoms with van der Waals surface area (Å²) in [5, 5.41) is 17.3. The number of fused-ring (bicyclic) bond motifs is 8. The molecule has 0 amide bonds. The monoisotopic (exact) mass is 716 g/mol. The van der Waals surface area contributed by atoms with Gasteiger partial charge in [0.15, 0.2) is 5.84 Å². The van der Waals surface area contributed by atoms with Gasteiger partial charge in [-0.1, -0.05) is 158 Å². The molecule has 1 unspecified atom stereocenters. The van der Waals surface area contributed by atoms with Crippen LogP contribution >= 0.6 is 0 Å². The van der Waals surface area contributed by atoms with E-state index in [9.17, 15) is 0 Å². The largest absolute Gasteiger partial charge is 0.387 e. The van der Waals surface area contributed by atoms with Gasteiger partial charge in [-0.25, -0.2) is 9.98 Å². The molecule has 9 aromatic rings. The first kappa shape index (κ1) is 32.2. The number of aliphatic imine (C=N–C) groups is 2. The number of rotatable bonds is 5. The van der Waals surface area contributed by atoms with E-state index >= 15 is 0 Å². The van der Waals surface area contributed by atoms with Gasteiger partial charge < -0.3 is 10.6 Å². The molecule has 1 atom stereocenters. The first-order valence-corrected chi connectivity index (χ1v) is 19.2. The molecule has 0 fully saturated rings. The summed E-state index contributed by atoms with van der Waals surface area (Å²) in [5.41, 5.74) is 10.4. The van der Waals surface area contributed by atoms with Crippen LogP contribution in [-0.2, 0) is 6.54 Å². The molecule has 4 heteroatoms. The second kappa shape index (κ2) is 13.2. The van der Waals surface area contributed by atoms with Gasteiger partial charge in [-0.3, -0.25) is 0 Å². The molecule has 0 bridgehead atoms. The van der Waals surface area contributed by atoms with Crippen LogP contribution in [0.2, 0.25) is 0 Å². The summed E-state index contributed by atoms with van der Waals surface area (Å²) in [5.74, 6) is 1.51. The summed E-state index contributed by atoms with van der Waals surface area (Å²) < 4.78 is 0. The fourth-order valence-corrected chi connectivity index (χ4v) is 8.53. The van der Waals surface area contributed by atoms with Crippen molar-refractivity contribution in [1.29, 1.82) is 0 Å². The number of hydrogen-bond acceptors (Lipinski definition) is 4. The number of hydrogen-bond donors (Lipinski definition) is 2. The highest BCUT2D eigenvalue weighted by Crippen LogP contribution is 2.39. The van der Waals surface area contributed by atoms with Crippen molar-refractivity contribution in [3.63, 3.8) is 0 Å². The summed E-state index contributed by atoms with van der Waals surface area (Å²) in [4.78, 5) is 10.3. The maximum absolute atomic E-state index is 5.19. The molecule has 0 radical (unpaired) electrons. The number of benzene rings is 9. The van der Waals surface area contributed by atoms with E-state index in [0.717, 1.165) is 34.6 Å². The topological polar surface area (TPSA) is 48.8 Å². The molecule has 4 nitrogen and oxygen atoms in total. The van der Waals surface area contributed by atoms with Crippen LogP contribution < -0.4 is 10.6 Å². The highest BCUT2D eigenvalue weighted by molar-refractivity contribution is 6.16. The quantitative estimate of drug-likeness (QED) is 0.174. The molecule has 0 aliphatic carbocycles. The summed E-state index contributed by atoms with van der Waals surface area (Å²) in [6, 6.07) is 63.2. The fraction of sp³-hybridized carbons (Fsp3) is 0.0385. The zero-order valence-electron chi connectivity index (χ0n) is 30.6. The van der Waals surface area contributed by atoms with Crippen LogP contribution in [0.5, 0.6) is 0 Å². The Morgan fingerprint density at radius 2 is 1.14 bits per heavy atom. The Labute approximate surface area is 325 Å². The van der Waals surface area contributed by atoms with Crippen molar-refractivity contribution in [2.24, 2.45) is 9.98 Å². The van der Waals surface area contributed by atoms with Crippen LogP contribution in [0.15, 0.2) is 192 Å². The second-order valence-corrected chi connectivity index (χ2v) is 14.7.